The van der Waals surface area contributed by atoms with Crippen LogP contribution in [0.1, 0.15) is 22.3 Å². The minimum absolute atomic E-state index is 0.0360. The number of amidine groups is 1. The number of carbonyl (C=O) groups excluding carboxylic acids is 1. The molecule has 1 aliphatic rings. The largest absolute Gasteiger partial charge is 0.481 e. The zero-order chi connectivity index (χ0) is 27.6. The lowest BCUT2D eigenvalue weighted by molar-refractivity contribution is -0.138. The molecule has 3 aromatic rings. The number of hydrogen-bond acceptors (Lipinski definition) is 6. The number of likely N-dealkylation sites (N-methyl/N-ethyl adjacent to an activating group) is 1. The summed E-state index contributed by atoms with van der Waals surface area (Å²) >= 11 is 7.15. The number of halogens is 1. The summed E-state index contributed by atoms with van der Waals surface area (Å²) in [7, 11) is -2.14. The predicted molar refractivity (Wildman–Crippen MR) is 149 cm³/mol. The van der Waals surface area contributed by atoms with Gasteiger partial charge in [-0.15, -0.1) is 17.9 Å². The van der Waals surface area contributed by atoms with Crippen molar-refractivity contribution in [3.63, 3.8) is 0 Å². The van der Waals surface area contributed by atoms with Crippen molar-refractivity contribution in [3.8, 4) is 0 Å². The Hall–Kier alpha value is -3.25. The Morgan fingerprint density at radius 3 is 2.53 bits per heavy atom. The molecule has 9 nitrogen and oxygen atoms in total. The molecule has 12 heteroatoms. The third-order valence-corrected chi connectivity index (χ3v) is 10.0. The lowest BCUT2D eigenvalue weighted by Crippen LogP contribution is -2.57. The standard InChI is InChI=1S/C26H27ClN4O5S2/c1-3-10-29(2)25(28)17-4-6-18(7-5-17)26(34)31-12-11-30(16-21(31)15-23(32)33)38(35,36)24-13-19-8-9-20(27)14-22(19)37-24/h3-9,13-14,21,28H,1,10-12,15-16H2,2H3,(H,32,33). The number of nitrogens with one attached hydrogen (secondary N) is 1. The second-order valence-electron chi connectivity index (χ2n) is 8.96. The van der Waals surface area contributed by atoms with Crippen LogP contribution in [-0.4, -0.2) is 84.6 Å². The van der Waals surface area contributed by atoms with E-state index in [4.69, 9.17) is 17.0 Å². The van der Waals surface area contributed by atoms with E-state index >= 15 is 0 Å². The van der Waals surface area contributed by atoms with Gasteiger partial charge in [0.25, 0.3) is 15.9 Å². The molecule has 1 atom stereocenters. The van der Waals surface area contributed by atoms with Gasteiger partial charge in [0.1, 0.15) is 10.0 Å². The van der Waals surface area contributed by atoms with Crippen LogP contribution in [0.15, 0.2) is 65.4 Å². The van der Waals surface area contributed by atoms with E-state index < -0.39 is 28.5 Å². The van der Waals surface area contributed by atoms with E-state index in [1.165, 1.54) is 9.21 Å². The number of rotatable bonds is 8. The van der Waals surface area contributed by atoms with E-state index in [9.17, 15) is 23.1 Å². The molecular formula is C26H27ClN4O5S2. The molecule has 1 aromatic heterocycles. The first kappa shape index (κ1) is 27.8. The highest BCUT2D eigenvalue weighted by Gasteiger charge is 2.38. The van der Waals surface area contributed by atoms with Crippen molar-refractivity contribution in [3.05, 3.63) is 77.3 Å². The van der Waals surface area contributed by atoms with Crippen LogP contribution in [-0.2, 0) is 14.8 Å². The average Bonchev–Trinajstić information content (AvgIpc) is 3.32. The van der Waals surface area contributed by atoms with Gasteiger partial charge < -0.3 is 14.9 Å². The Kier molecular flexibility index (Phi) is 8.22. The van der Waals surface area contributed by atoms with Gasteiger partial charge in [-0.05, 0) is 35.7 Å². The van der Waals surface area contributed by atoms with Crippen molar-refractivity contribution in [1.29, 1.82) is 5.41 Å². The first-order valence-electron chi connectivity index (χ1n) is 11.7. The number of nitrogens with zero attached hydrogens (tertiary/aromatic N) is 3. The molecular weight excluding hydrogens is 548 g/mol. The zero-order valence-corrected chi connectivity index (χ0v) is 23.0. The summed E-state index contributed by atoms with van der Waals surface area (Å²) in [5, 5.41) is 19.0. The number of thiophene rings is 1. The Morgan fingerprint density at radius 2 is 1.87 bits per heavy atom. The van der Waals surface area contributed by atoms with Crippen LogP contribution in [0.3, 0.4) is 0 Å². The number of aliphatic carboxylic acids is 1. The fraction of sp³-hybridized carbons (Fsp3) is 0.269. The molecule has 1 fully saturated rings. The minimum Gasteiger partial charge on any atom is -0.481 e. The molecule has 2 aromatic carbocycles. The molecule has 1 aliphatic heterocycles. The molecule has 38 heavy (non-hydrogen) atoms. The smallest absolute Gasteiger partial charge is 0.305 e. The molecule has 200 valence electrons. The SMILES string of the molecule is C=CCN(C)C(=N)c1ccc(C(=O)N2CCN(S(=O)(=O)c3cc4ccc(Cl)cc4s3)CC2CC(=O)O)cc1. The van der Waals surface area contributed by atoms with Crippen molar-refractivity contribution in [1.82, 2.24) is 14.1 Å². The van der Waals surface area contributed by atoms with E-state index in [-0.39, 0.29) is 35.6 Å². The Bertz CT molecular complexity index is 1500. The number of sulfonamides is 1. The molecule has 4 rings (SSSR count). The summed E-state index contributed by atoms with van der Waals surface area (Å²) in [5.74, 6) is -1.24. The number of carboxylic acids is 1. The first-order valence-corrected chi connectivity index (χ1v) is 14.4. The first-order chi connectivity index (χ1) is 18.0. The van der Waals surface area contributed by atoms with Gasteiger partial charge in [-0.3, -0.25) is 15.0 Å². The van der Waals surface area contributed by atoms with E-state index in [2.05, 4.69) is 6.58 Å². The lowest BCUT2D eigenvalue weighted by atomic mass is 10.1. The summed E-state index contributed by atoms with van der Waals surface area (Å²) < 4.78 is 29.0. The van der Waals surface area contributed by atoms with Gasteiger partial charge in [-0.1, -0.05) is 35.9 Å². The molecule has 2 heterocycles. The Labute approximate surface area is 230 Å². The topological polar surface area (TPSA) is 122 Å². The van der Waals surface area contributed by atoms with Gasteiger partial charge in [-0.25, -0.2) is 8.42 Å². The summed E-state index contributed by atoms with van der Waals surface area (Å²) in [5.41, 5.74) is 0.953. The van der Waals surface area contributed by atoms with E-state index in [1.807, 2.05) is 0 Å². The minimum atomic E-state index is -3.90. The second kappa shape index (κ2) is 11.2. The van der Waals surface area contributed by atoms with Crippen molar-refractivity contribution >= 4 is 60.8 Å². The number of benzene rings is 2. The number of hydrogen-bond donors (Lipinski definition) is 2. The molecule has 0 spiro atoms. The van der Waals surface area contributed by atoms with Crippen LogP contribution >= 0.6 is 22.9 Å². The van der Waals surface area contributed by atoms with Crippen molar-refractivity contribution in [2.75, 3.05) is 33.2 Å². The van der Waals surface area contributed by atoms with E-state index in [1.54, 1.807) is 66.6 Å². The van der Waals surface area contributed by atoms with Gasteiger partial charge in [0.15, 0.2) is 0 Å². The maximum atomic E-state index is 13.4. The molecule has 0 aliphatic carbocycles. The Morgan fingerprint density at radius 1 is 1.18 bits per heavy atom. The summed E-state index contributed by atoms with van der Waals surface area (Å²) in [6.07, 6.45) is 1.29. The lowest BCUT2D eigenvalue weighted by Gasteiger charge is -2.40. The van der Waals surface area contributed by atoms with E-state index in [0.717, 1.165) is 21.4 Å². The highest BCUT2D eigenvalue weighted by molar-refractivity contribution is 7.91. The second-order valence-corrected chi connectivity index (χ2v) is 12.6. The summed E-state index contributed by atoms with van der Waals surface area (Å²) in [6, 6.07) is 12.4. The molecule has 0 radical (unpaired) electrons. The van der Waals surface area contributed by atoms with Crippen LogP contribution < -0.4 is 0 Å². The number of fused-ring (bicyclic) bond motifs is 1. The highest BCUT2D eigenvalue weighted by Crippen LogP contribution is 2.33. The normalized spacial score (nSPS) is 16.4. The van der Waals surface area contributed by atoms with Crippen molar-refractivity contribution < 1.29 is 23.1 Å². The van der Waals surface area contributed by atoms with Gasteiger partial charge in [0.2, 0.25) is 0 Å². The third kappa shape index (κ3) is 5.75. The van der Waals surface area contributed by atoms with E-state index in [0.29, 0.717) is 22.7 Å². The number of carboxylic acid groups (broad SMARTS) is 1. The van der Waals surface area contributed by atoms with Crippen LogP contribution in [0, 0.1) is 5.41 Å². The highest BCUT2D eigenvalue weighted by atomic mass is 35.5. The van der Waals surface area contributed by atoms with Crippen LogP contribution in [0.5, 0.6) is 0 Å². The fourth-order valence-electron chi connectivity index (χ4n) is 4.37. The van der Waals surface area contributed by atoms with Crippen molar-refractivity contribution in [2.45, 2.75) is 16.7 Å². The molecule has 0 saturated carbocycles. The Balaban J connectivity index is 1.54. The van der Waals surface area contributed by atoms with Crippen LogP contribution in [0.25, 0.3) is 10.1 Å². The fourth-order valence-corrected chi connectivity index (χ4v) is 7.66. The molecule has 1 amide bonds. The number of carbonyl (C=O) groups is 2. The van der Waals surface area contributed by atoms with Gasteiger partial charge in [0.05, 0.1) is 12.5 Å². The number of piperazine rings is 1. The van der Waals surface area contributed by atoms with Gasteiger partial charge in [0, 0.05) is 54.1 Å². The van der Waals surface area contributed by atoms with Gasteiger partial charge in [-0.2, -0.15) is 4.31 Å². The maximum absolute atomic E-state index is 13.4. The molecule has 2 N–H and O–H groups in total. The number of amides is 1. The summed E-state index contributed by atoms with van der Waals surface area (Å²) in [6.45, 7) is 4.12. The third-order valence-electron chi connectivity index (χ3n) is 6.36. The maximum Gasteiger partial charge on any atom is 0.305 e. The van der Waals surface area contributed by atoms with Crippen LogP contribution in [0.4, 0.5) is 0 Å². The monoisotopic (exact) mass is 574 g/mol. The summed E-state index contributed by atoms with van der Waals surface area (Å²) in [4.78, 5) is 28.1. The molecule has 1 saturated heterocycles. The zero-order valence-electron chi connectivity index (χ0n) is 20.6. The van der Waals surface area contributed by atoms with Crippen molar-refractivity contribution in [2.24, 2.45) is 0 Å². The van der Waals surface area contributed by atoms with Gasteiger partial charge >= 0.3 is 5.97 Å². The quantitative estimate of drug-likeness (QED) is 0.238. The molecule has 1 unspecified atom stereocenters. The molecule has 0 bridgehead atoms. The average molecular weight is 575 g/mol. The predicted octanol–water partition coefficient (Wildman–Crippen LogP) is 3.99. The van der Waals surface area contributed by atoms with Crippen LogP contribution in [0.2, 0.25) is 5.02 Å².